The molecule has 8 heteroatoms. The predicted octanol–water partition coefficient (Wildman–Crippen LogP) is 6.90. The summed E-state index contributed by atoms with van der Waals surface area (Å²) >= 11 is 0. The van der Waals surface area contributed by atoms with Gasteiger partial charge in [0.1, 0.15) is 12.2 Å². The van der Waals surface area contributed by atoms with Crippen molar-refractivity contribution in [3.05, 3.63) is 0 Å². The molecule has 8 fully saturated rings. The van der Waals surface area contributed by atoms with E-state index in [4.69, 9.17) is 18.9 Å². The van der Waals surface area contributed by atoms with E-state index in [1.807, 2.05) is 18.7 Å². The molecule has 49 heavy (non-hydrogen) atoms. The first kappa shape index (κ1) is 34.8. The fraction of sp³-hybridized carbons (Fsp3) is 0.951. The van der Waals surface area contributed by atoms with Gasteiger partial charge in [-0.05, 0) is 149 Å². The number of fused-ring (bicyclic) bond motifs is 2. The van der Waals surface area contributed by atoms with Crippen LogP contribution in [0.4, 0.5) is 0 Å². The van der Waals surface area contributed by atoms with E-state index in [1.54, 1.807) is 0 Å². The van der Waals surface area contributed by atoms with E-state index in [-0.39, 0.29) is 53.7 Å². The molecule has 0 aromatic carbocycles. The monoisotopic (exact) mass is 683 g/mol. The second-order valence-electron chi connectivity index (χ2n) is 19.8. The molecule has 5 unspecified atom stereocenters. The quantitative estimate of drug-likeness (QED) is 0.278. The van der Waals surface area contributed by atoms with E-state index in [0.717, 1.165) is 32.1 Å². The van der Waals surface area contributed by atoms with Gasteiger partial charge in [0.15, 0.2) is 6.29 Å². The van der Waals surface area contributed by atoms with Crippen LogP contribution in [0.3, 0.4) is 0 Å². The Morgan fingerprint density at radius 1 is 0.939 bits per heavy atom. The van der Waals surface area contributed by atoms with E-state index < -0.39 is 11.2 Å². The van der Waals surface area contributed by atoms with E-state index in [0.29, 0.717) is 66.5 Å². The maximum atomic E-state index is 12.9. The van der Waals surface area contributed by atoms with Gasteiger partial charge in [-0.3, -0.25) is 4.79 Å². The summed E-state index contributed by atoms with van der Waals surface area (Å²) in [5.74, 6) is 3.43. The number of hydrogen-bond donors (Lipinski definition) is 1. The van der Waals surface area contributed by atoms with Crippen LogP contribution in [0.25, 0.3) is 0 Å². The van der Waals surface area contributed by atoms with Crippen LogP contribution in [0.15, 0.2) is 0 Å². The number of rotatable bonds is 8. The Labute approximate surface area is 295 Å². The van der Waals surface area contributed by atoms with Crippen LogP contribution in [0.1, 0.15) is 132 Å². The third kappa shape index (κ3) is 5.24. The molecular weight excluding hydrogens is 618 g/mol. The zero-order valence-electron chi connectivity index (χ0n) is 31.6. The molecule has 2 saturated heterocycles. The summed E-state index contributed by atoms with van der Waals surface area (Å²) in [6.45, 7) is 18.0. The molecule has 0 aromatic rings. The second kappa shape index (κ2) is 11.6. The fourth-order valence-electron chi connectivity index (χ4n) is 14.5. The SMILES string of the molecule is C[C@@H]1C23CC[C@H](OC4CN(C(=O)CC5CC5)CCO4)C(C)(C)C2CC[C@H]2C4C[C@@](C)(O)[C@H](CCCC5OCC(=O)OC5(C)C)[C@@]4(C)CC[C@]123. The van der Waals surface area contributed by atoms with Crippen molar-refractivity contribution in [2.24, 2.45) is 57.2 Å². The molecule has 0 aromatic heterocycles. The number of ether oxygens (including phenoxy) is 4. The number of carbonyl (C=O) groups is 2. The van der Waals surface area contributed by atoms with Gasteiger partial charge in [-0.25, -0.2) is 4.79 Å². The Bertz CT molecular complexity index is 1320. The molecule has 1 N–H and O–H groups in total. The van der Waals surface area contributed by atoms with Crippen LogP contribution < -0.4 is 0 Å². The van der Waals surface area contributed by atoms with Gasteiger partial charge in [0.2, 0.25) is 5.91 Å². The Morgan fingerprint density at radius 2 is 1.71 bits per heavy atom. The van der Waals surface area contributed by atoms with Crippen molar-refractivity contribution in [3.8, 4) is 0 Å². The number of carbonyl (C=O) groups excluding carboxylic acids is 2. The summed E-state index contributed by atoms with van der Waals surface area (Å²) in [6.07, 6.45) is 13.8. The zero-order valence-corrected chi connectivity index (χ0v) is 31.6. The minimum atomic E-state index is -0.665. The normalized spacial score (nSPS) is 49.6. The first-order chi connectivity index (χ1) is 23.1. The summed E-state index contributed by atoms with van der Waals surface area (Å²) < 4.78 is 24.6. The largest absolute Gasteiger partial charge is 0.455 e. The second-order valence-corrected chi connectivity index (χ2v) is 19.8. The van der Waals surface area contributed by atoms with E-state index in [1.165, 1.54) is 44.9 Å². The first-order valence-corrected chi connectivity index (χ1v) is 20.2. The minimum absolute atomic E-state index is 0.0394. The van der Waals surface area contributed by atoms with E-state index in [2.05, 4.69) is 34.6 Å². The molecule has 8 rings (SSSR count). The molecule has 8 aliphatic rings. The number of morpholine rings is 1. The predicted molar refractivity (Wildman–Crippen MR) is 185 cm³/mol. The minimum Gasteiger partial charge on any atom is -0.455 e. The van der Waals surface area contributed by atoms with Gasteiger partial charge in [0, 0.05) is 13.0 Å². The first-order valence-electron chi connectivity index (χ1n) is 20.2. The highest BCUT2D eigenvalue weighted by Crippen LogP contribution is 2.90. The highest BCUT2D eigenvalue weighted by atomic mass is 16.7. The molecule has 6 saturated carbocycles. The Hall–Kier alpha value is -1.22. The maximum Gasteiger partial charge on any atom is 0.332 e. The van der Waals surface area contributed by atoms with Gasteiger partial charge < -0.3 is 29.0 Å². The average molecular weight is 684 g/mol. The highest BCUT2D eigenvalue weighted by Gasteiger charge is 2.85. The lowest BCUT2D eigenvalue weighted by Gasteiger charge is -2.59. The lowest BCUT2D eigenvalue weighted by Crippen LogP contribution is -2.56. The van der Waals surface area contributed by atoms with Crippen LogP contribution in [0, 0.1) is 57.2 Å². The number of nitrogens with zero attached hydrogens (tertiary/aromatic N) is 1. The Kier molecular flexibility index (Phi) is 8.28. The number of aliphatic hydroxyl groups is 1. The summed E-state index contributed by atoms with van der Waals surface area (Å²) in [4.78, 5) is 26.7. The molecular formula is C41H65NO7. The van der Waals surface area contributed by atoms with Gasteiger partial charge >= 0.3 is 5.97 Å². The summed E-state index contributed by atoms with van der Waals surface area (Å²) in [7, 11) is 0. The van der Waals surface area contributed by atoms with Crippen molar-refractivity contribution in [1.29, 1.82) is 0 Å². The standard InChI is InChI=1S/C41H65NO7/c1-25-40-18-17-38(6)28(22-39(7,45)30(38)9-8-10-32-37(4,5)49-34(44)24-47-32)27(40)13-14-29-36(2,3)31(15-16-41(25,29)40)48-35-23-42(19-20-46-35)33(43)21-26-11-12-26/h25-32,35,45H,8-24H2,1-7H3/t25-,27-,28?,29?,30+,31-,32?,35?,38-,39+,40-,41?/m0/s1. The fourth-order valence-corrected chi connectivity index (χ4v) is 14.5. The van der Waals surface area contributed by atoms with Gasteiger partial charge in [0.05, 0.1) is 31.0 Å². The molecule has 0 bridgehead atoms. The van der Waals surface area contributed by atoms with Crippen molar-refractivity contribution in [2.75, 3.05) is 26.3 Å². The third-order valence-corrected chi connectivity index (χ3v) is 16.9. The van der Waals surface area contributed by atoms with Crippen molar-refractivity contribution in [2.45, 2.75) is 162 Å². The molecule has 8 nitrogen and oxygen atoms in total. The maximum absolute atomic E-state index is 12.9. The van der Waals surface area contributed by atoms with Crippen molar-refractivity contribution < 1.29 is 33.6 Å². The number of cyclic esters (lactones) is 1. The van der Waals surface area contributed by atoms with Crippen LogP contribution in [-0.2, 0) is 28.5 Å². The molecule has 2 aliphatic heterocycles. The molecule has 1 amide bonds. The van der Waals surface area contributed by atoms with Crippen LogP contribution >= 0.6 is 0 Å². The van der Waals surface area contributed by atoms with Gasteiger partial charge in [-0.2, -0.15) is 0 Å². The molecule has 2 heterocycles. The number of esters is 1. The lowest BCUT2D eigenvalue weighted by atomic mass is 9.46. The van der Waals surface area contributed by atoms with Gasteiger partial charge in [0.25, 0.3) is 0 Å². The molecule has 6 aliphatic carbocycles. The molecule has 12 atom stereocenters. The van der Waals surface area contributed by atoms with Crippen LogP contribution in [0.5, 0.6) is 0 Å². The Balaban J connectivity index is 0.946. The van der Waals surface area contributed by atoms with Crippen molar-refractivity contribution in [1.82, 2.24) is 4.90 Å². The summed E-state index contributed by atoms with van der Waals surface area (Å²) in [5.41, 5.74) is -0.347. The molecule has 0 radical (unpaired) electrons. The topological polar surface area (TPSA) is 94.5 Å². The summed E-state index contributed by atoms with van der Waals surface area (Å²) in [6, 6.07) is 0. The van der Waals surface area contributed by atoms with Gasteiger partial charge in [-0.1, -0.05) is 34.1 Å². The number of amides is 1. The zero-order chi connectivity index (χ0) is 34.8. The van der Waals surface area contributed by atoms with Gasteiger partial charge in [-0.15, -0.1) is 0 Å². The average Bonchev–Trinajstić information content (AvgIpc) is 3.92. The third-order valence-electron chi connectivity index (χ3n) is 16.9. The highest BCUT2D eigenvalue weighted by molar-refractivity contribution is 5.76. The lowest BCUT2D eigenvalue weighted by molar-refractivity contribution is -0.244. The van der Waals surface area contributed by atoms with E-state index >= 15 is 0 Å². The number of hydrogen-bond acceptors (Lipinski definition) is 7. The molecule has 2 spiro atoms. The van der Waals surface area contributed by atoms with Crippen molar-refractivity contribution in [3.63, 3.8) is 0 Å². The van der Waals surface area contributed by atoms with Crippen LogP contribution in [-0.4, -0.2) is 77.9 Å². The molecule has 276 valence electrons. The van der Waals surface area contributed by atoms with E-state index in [9.17, 15) is 14.7 Å². The van der Waals surface area contributed by atoms with Crippen LogP contribution in [0.2, 0.25) is 0 Å². The smallest absolute Gasteiger partial charge is 0.332 e. The summed E-state index contributed by atoms with van der Waals surface area (Å²) in [5, 5.41) is 12.1. The van der Waals surface area contributed by atoms with Crippen molar-refractivity contribution >= 4 is 11.9 Å². The Morgan fingerprint density at radius 3 is 2.45 bits per heavy atom.